The van der Waals surface area contributed by atoms with Crippen molar-refractivity contribution in [3.63, 3.8) is 0 Å². The van der Waals surface area contributed by atoms with Gasteiger partial charge in [-0.3, -0.25) is 0 Å². The molecule has 0 amide bonds. The SMILES string of the molecule is COc1cc(C)c(Br)cc1C(O)C1C(C)OC(C)C1C. The lowest BCUT2D eigenvalue weighted by molar-refractivity contribution is 0.0224. The van der Waals surface area contributed by atoms with Crippen molar-refractivity contribution in [1.82, 2.24) is 0 Å². The van der Waals surface area contributed by atoms with E-state index in [1.54, 1.807) is 7.11 Å². The summed E-state index contributed by atoms with van der Waals surface area (Å²) in [5.41, 5.74) is 1.92. The lowest BCUT2D eigenvalue weighted by Crippen LogP contribution is -2.25. The Morgan fingerprint density at radius 3 is 2.40 bits per heavy atom. The van der Waals surface area contributed by atoms with Gasteiger partial charge in [0.15, 0.2) is 0 Å². The highest BCUT2D eigenvalue weighted by atomic mass is 79.9. The van der Waals surface area contributed by atoms with E-state index >= 15 is 0 Å². The van der Waals surface area contributed by atoms with Crippen LogP contribution in [0.15, 0.2) is 16.6 Å². The van der Waals surface area contributed by atoms with Crippen LogP contribution >= 0.6 is 15.9 Å². The van der Waals surface area contributed by atoms with Gasteiger partial charge in [-0.25, -0.2) is 0 Å². The Hall–Kier alpha value is -0.580. The van der Waals surface area contributed by atoms with Gasteiger partial charge in [-0.15, -0.1) is 0 Å². The topological polar surface area (TPSA) is 38.7 Å². The molecule has 0 aromatic heterocycles. The molecule has 0 bridgehead atoms. The van der Waals surface area contributed by atoms with Gasteiger partial charge in [0.2, 0.25) is 0 Å². The lowest BCUT2D eigenvalue weighted by Gasteiger charge is -2.26. The van der Waals surface area contributed by atoms with Crippen molar-refractivity contribution in [2.24, 2.45) is 11.8 Å². The molecule has 1 heterocycles. The highest BCUT2D eigenvalue weighted by molar-refractivity contribution is 9.10. The molecule has 1 N–H and O–H groups in total. The number of benzene rings is 1. The molecule has 5 unspecified atom stereocenters. The second-order valence-electron chi connectivity index (χ2n) is 5.77. The molecule has 1 aliphatic heterocycles. The third-order valence-corrected chi connectivity index (χ3v) is 5.37. The molecule has 3 nitrogen and oxygen atoms in total. The summed E-state index contributed by atoms with van der Waals surface area (Å²) in [7, 11) is 1.64. The third-order valence-electron chi connectivity index (χ3n) is 4.51. The molecule has 4 heteroatoms. The summed E-state index contributed by atoms with van der Waals surface area (Å²) in [4.78, 5) is 0. The molecule has 2 rings (SSSR count). The summed E-state index contributed by atoms with van der Waals surface area (Å²) in [6, 6.07) is 3.92. The maximum Gasteiger partial charge on any atom is 0.125 e. The van der Waals surface area contributed by atoms with E-state index in [9.17, 15) is 5.11 Å². The molecule has 0 radical (unpaired) electrons. The summed E-state index contributed by atoms with van der Waals surface area (Å²) in [5, 5.41) is 10.8. The maximum absolute atomic E-state index is 10.8. The Labute approximate surface area is 129 Å². The van der Waals surface area contributed by atoms with Crippen molar-refractivity contribution >= 4 is 15.9 Å². The smallest absolute Gasteiger partial charge is 0.125 e. The summed E-state index contributed by atoms with van der Waals surface area (Å²) < 4.78 is 12.3. The molecule has 0 spiro atoms. The average molecular weight is 343 g/mol. The highest BCUT2D eigenvalue weighted by Gasteiger charge is 2.42. The molecule has 0 aliphatic carbocycles. The predicted molar refractivity (Wildman–Crippen MR) is 83.1 cm³/mol. The third kappa shape index (κ3) is 2.74. The van der Waals surface area contributed by atoms with Gasteiger partial charge in [0, 0.05) is 16.0 Å². The minimum atomic E-state index is -0.586. The van der Waals surface area contributed by atoms with Crippen LogP contribution in [0.4, 0.5) is 0 Å². The van der Waals surface area contributed by atoms with Crippen LogP contribution in [0, 0.1) is 18.8 Å². The fourth-order valence-electron chi connectivity index (χ4n) is 3.12. The van der Waals surface area contributed by atoms with E-state index in [2.05, 4.69) is 29.8 Å². The highest BCUT2D eigenvalue weighted by Crippen LogP contribution is 2.43. The number of hydrogen-bond donors (Lipinski definition) is 1. The number of halogens is 1. The van der Waals surface area contributed by atoms with E-state index in [1.807, 2.05) is 26.0 Å². The van der Waals surface area contributed by atoms with Crippen LogP contribution in [-0.4, -0.2) is 24.4 Å². The van der Waals surface area contributed by atoms with Crippen molar-refractivity contribution in [3.8, 4) is 5.75 Å². The molecule has 0 saturated carbocycles. The lowest BCUT2D eigenvalue weighted by atomic mass is 9.82. The minimum absolute atomic E-state index is 0.0415. The molecule has 1 aliphatic rings. The number of hydrogen-bond acceptors (Lipinski definition) is 3. The monoisotopic (exact) mass is 342 g/mol. The van der Waals surface area contributed by atoms with Crippen LogP contribution in [0.1, 0.15) is 38.0 Å². The largest absolute Gasteiger partial charge is 0.496 e. The molecule has 1 fully saturated rings. The number of aliphatic hydroxyl groups excluding tert-OH is 1. The first-order valence-corrected chi connectivity index (χ1v) is 7.83. The van der Waals surface area contributed by atoms with Crippen molar-refractivity contribution in [2.45, 2.75) is 46.0 Å². The van der Waals surface area contributed by atoms with Crippen molar-refractivity contribution in [1.29, 1.82) is 0 Å². The first-order valence-electron chi connectivity index (χ1n) is 7.04. The van der Waals surface area contributed by atoms with Crippen molar-refractivity contribution < 1.29 is 14.6 Å². The van der Waals surface area contributed by atoms with Crippen LogP contribution < -0.4 is 4.74 Å². The van der Waals surface area contributed by atoms with Gasteiger partial charge in [-0.1, -0.05) is 22.9 Å². The van der Waals surface area contributed by atoms with E-state index in [0.29, 0.717) is 5.92 Å². The van der Waals surface area contributed by atoms with Crippen molar-refractivity contribution in [3.05, 3.63) is 27.7 Å². The quantitative estimate of drug-likeness (QED) is 0.906. The first kappa shape index (κ1) is 15.8. The van der Waals surface area contributed by atoms with Crippen LogP contribution in [0.5, 0.6) is 5.75 Å². The van der Waals surface area contributed by atoms with Gasteiger partial charge in [0.1, 0.15) is 5.75 Å². The molecule has 1 aromatic rings. The standard InChI is InChI=1S/C16H23BrO3/c1-8-6-14(19-5)12(7-13(8)17)16(18)15-9(2)10(3)20-11(15)4/h6-7,9-11,15-16,18H,1-5H3. The summed E-state index contributed by atoms with van der Waals surface area (Å²) in [5.74, 6) is 1.12. The fourth-order valence-corrected chi connectivity index (χ4v) is 3.48. The minimum Gasteiger partial charge on any atom is -0.496 e. The summed E-state index contributed by atoms with van der Waals surface area (Å²) >= 11 is 3.53. The maximum atomic E-state index is 10.8. The molecule has 5 atom stereocenters. The van der Waals surface area contributed by atoms with E-state index in [0.717, 1.165) is 21.3 Å². The van der Waals surface area contributed by atoms with E-state index < -0.39 is 6.10 Å². The predicted octanol–water partition coefficient (Wildman–Crippen LogP) is 3.86. The number of ether oxygens (including phenoxy) is 2. The van der Waals surface area contributed by atoms with Crippen LogP contribution in [0.2, 0.25) is 0 Å². The van der Waals surface area contributed by atoms with Gasteiger partial charge < -0.3 is 14.6 Å². The zero-order valence-electron chi connectivity index (χ0n) is 12.7. The Kier molecular flexibility index (Phi) is 4.77. The van der Waals surface area contributed by atoms with E-state index in [1.165, 1.54) is 0 Å². The zero-order valence-corrected chi connectivity index (χ0v) is 14.3. The van der Waals surface area contributed by atoms with Gasteiger partial charge in [0.05, 0.1) is 25.4 Å². The summed E-state index contributed by atoms with van der Waals surface area (Å²) in [6.07, 6.45) is -0.374. The average Bonchev–Trinajstić information content (AvgIpc) is 2.65. The Bertz CT molecular complexity index is 489. The fraction of sp³-hybridized carbons (Fsp3) is 0.625. The van der Waals surface area contributed by atoms with Crippen LogP contribution in [0.25, 0.3) is 0 Å². The number of aryl methyl sites for hydroxylation is 1. The molecular formula is C16H23BrO3. The molecular weight excluding hydrogens is 320 g/mol. The van der Waals surface area contributed by atoms with E-state index in [-0.39, 0.29) is 18.1 Å². The number of rotatable bonds is 3. The normalized spacial score (nSPS) is 31.4. The van der Waals surface area contributed by atoms with Crippen LogP contribution in [0.3, 0.4) is 0 Å². The van der Waals surface area contributed by atoms with Gasteiger partial charge in [-0.2, -0.15) is 0 Å². The first-order chi connectivity index (χ1) is 9.36. The number of methoxy groups -OCH3 is 1. The van der Waals surface area contributed by atoms with Crippen molar-refractivity contribution in [2.75, 3.05) is 7.11 Å². The molecule has 1 aromatic carbocycles. The van der Waals surface area contributed by atoms with Gasteiger partial charge >= 0.3 is 0 Å². The molecule has 112 valence electrons. The number of aliphatic hydroxyl groups is 1. The second-order valence-corrected chi connectivity index (χ2v) is 6.63. The molecule has 1 saturated heterocycles. The van der Waals surface area contributed by atoms with Crippen LogP contribution in [-0.2, 0) is 4.74 Å². The molecule has 20 heavy (non-hydrogen) atoms. The Balaban J connectivity index is 2.38. The Morgan fingerprint density at radius 2 is 1.90 bits per heavy atom. The summed E-state index contributed by atoms with van der Waals surface area (Å²) in [6.45, 7) is 8.24. The second kappa shape index (κ2) is 6.04. The van der Waals surface area contributed by atoms with Gasteiger partial charge in [0.25, 0.3) is 0 Å². The van der Waals surface area contributed by atoms with Gasteiger partial charge in [-0.05, 0) is 44.4 Å². The Morgan fingerprint density at radius 1 is 1.25 bits per heavy atom. The van der Waals surface area contributed by atoms with E-state index in [4.69, 9.17) is 9.47 Å². The zero-order chi connectivity index (χ0) is 15.0.